The molecule has 1 fully saturated rings. The Morgan fingerprint density at radius 1 is 0.938 bits per heavy atom. The predicted octanol–water partition coefficient (Wildman–Crippen LogP) is 4.32. The van der Waals surface area contributed by atoms with Crippen LogP contribution in [0.4, 0.5) is 18.9 Å². The number of benzene rings is 2. The zero-order chi connectivity index (χ0) is 23.5. The van der Waals surface area contributed by atoms with Gasteiger partial charge in [0.15, 0.2) is 0 Å². The van der Waals surface area contributed by atoms with Crippen LogP contribution in [0.25, 0.3) is 0 Å². The van der Waals surface area contributed by atoms with E-state index in [9.17, 15) is 21.6 Å². The summed E-state index contributed by atoms with van der Waals surface area (Å²) >= 11 is 0. The Morgan fingerprint density at radius 2 is 1.56 bits per heavy atom. The van der Waals surface area contributed by atoms with Crippen molar-refractivity contribution >= 4 is 15.7 Å². The lowest BCUT2D eigenvalue weighted by molar-refractivity contribution is -0.137. The summed E-state index contributed by atoms with van der Waals surface area (Å²) in [6.45, 7) is 6.93. The van der Waals surface area contributed by atoms with Crippen LogP contribution in [0.3, 0.4) is 0 Å². The predicted molar refractivity (Wildman–Crippen MR) is 116 cm³/mol. The maximum absolute atomic E-state index is 13.4. The molecule has 1 heterocycles. The summed E-state index contributed by atoms with van der Waals surface area (Å²) in [4.78, 5) is 1.78. The lowest BCUT2D eigenvalue weighted by Gasteiger charge is -2.35. The summed E-state index contributed by atoms with van der Waals surface area (Å²) in [6, 6.07) is 8.20. The Kier molecular flexibility index (Phi) is 7.24. The largest absolute Gasteiger partial charge is 0.494 e. The minimum Gasteiger partial charge on any atom is -0.494 e. The molecule has 0 spiro atoms. The lowest BCUT2D eigenvalue weighted by Crippen LogP contribution is -2.48. The van der Waals surface area contributed by atoms with Crippen molar-refractivity contribution in [2.24, 2.45) is 0 Å². The quantitative estimate of drug-likeness (QED) is 0.601. The number of aryl methyl sites for hydroxylation is 1. The number of nitrogens with zero attached hydrogens (tertiary/aromatic N) is 2. The molecule has 2 aromatic carbocycles. The maximum Gasteiger partial charge on any atom is 0.416 e. The van der Waals surface area contributed by atoms with Crippen LogP contribution in [-0.4, -0.2) is 52.1 Å². The molecule has 0 bridgehead atoms. The highest BCUT2D eigenvalue weighted by Crippen LogP contribution is 2.35. The van der Waals surface area contributed by atoms with Crippen LogP contribution in [-0.2, 0) is 16.2 Å². The molecule has 0 radical (unpaired) electrons. The third-order valence-electron chi connectivity index (χ3n) is 5.24. The number of ether oxygens (including phenoxy) is 2. The van der Waals surface area contributed by atoms with E-state index in [1.807, 2.05) is 13.8 Å². The molecule has 0 saturated carbocycles. The summed E-state index contributed by atoms with van der Waals surface area (Å²) in [5.74, 6) is 0.728. The molecule has 0 atom stereocenters. The molecule has 1 saturated heterocycles. The average Bonchev–Trinajstić information content (AvgIpc) is 2.75. The van der Waals surface area contributed by atoms with E-state index in [-0.39, 0.29) is 36.8 Å². The van der Waals surface area contributed by atoms with Crippen LogP contribution < -0.4 is 14.4 Å². The molecule has 0 aliphatic carbocycles. The smallest absolute Gasteiger partial charge is 0.416 e. The SMILES string of the molecule is CCOc1cc(S(=O)(=O)N2CCN(c3cccc(C(F)(F)F)c3)CC2)c(OCC)cc1C. The molecule has 2 aromatic rings. The molecule has 3 rings (SSSR count). The van der Waals surface area contributed by atoms with Gasteiger partial charge in [0.2, 0.25) is 10.0 Å². The molecule has 0 unspecified atom stereocenters. The number of halogens is 3. The van der Waals surface area contributed by atoms with Gasteiger partial charge in [0.05, 0.1) is 18.8 Å². The lowest BCUT2D eigenvalue weighted by atomic mass is 10.1. The average molecular weight is 473 g/mol. The minimum atomic E-state index is -4.43. The van der Waals surface area contributed by atoms with Crippen LogP contribution in [0.15, 0.2) is 41.3 Å². The fourth-order valence-electron chi connectivity index (χ4n) is 3.63. The maximum atomic E-state index is 13.4. The minimum absolute atomic E-state index is 0.0286. The van der Waals surface area contributed by atoms with Crippen molar-refractivity contribution in [1.29, 1.82) is 0 Å². The fourth-order valence-corrected chi connectivity index (χ4v) is 5.18. The van der Waals surface area contributed by atoms with Crippen molar-refractivity contribution in [2.75, 3.05) is 44.3 Å². The topological polar surface area (TPSA) is 59.1 Å². The first-order valence-electron chi connectivity index (χ1n) is 10.4. The summed E-state index contributed by atoms with van der Waals surface area (Å²) in [5.41, 5.74) is 0.457. The second-order valence-electron chi connectivity index (χ2n) is 7.37. The summed E-state index contributed by atoms with van der Waals surface area (Å²) in [5, 5.41) is 0. The molecule has 176 valence electrons. The number of hydrogen-bond donors (Lipinski definition) is 0. The Hall–Kier alpha value is -2.46. The second kappa shape index (κ2) is 9.58. The zero-order valence-electron chi connectivity index (χ0n) is 18.3. The third-order valence-corrected chi connectivity index (χ3v) is 7.16. The van der Waals surface area contributed by atoms with E-state index in [2.05, 4.69) is 0 Å². The zero-order valence-corrected chi connectivity index (χ0v) is 19.1. The van der Waals surface area contributed by atoms with Gasteiger partial charge in [0.25, 0.3) is 0 Å². The van der Waals surface area contributed by atoms with Crippen LogP contribution in [0.1, 0.15) is 25.0 Å². The number of rotatable bonds is 7. The van der Waals surface area contributed by atoms with Gasteiger partial charge in [-0.25, -0.2) is 8.42 Å². The van der Waals surface area contributed by atoms with Crippen molar-refractivity contribution in [3.8, 4) is 11.5 Å². The number of hydrogen-bond acceptors (Lipinski definition) is 5. The van der Waals surface area contributed by atoms with Crippen molar-refractivity contribution in [3.63, 3.8) is 0 Å². The highest BCUT2D eigenvalue weighted by atomic mass is 32.2. The van der Waals surface area contributed by atoms with E-state index in [1.165, 1.54) is 16.4 Å². The first-order chi connectivity index (χ1) is 15.1. The summed E-state index contributed by atoms with van der Waals surface area (Å²) in [7, 11) is -3.89. The van der Waals surface area contributed by atoms with Gasteiger partial charge in [0.1, 0.15) is 16.4 Å². The van der Waals surface area contributed by atoms with Gasteiger partial charge in [-0.2, -0.15) is 17.5 Å². The van der Waals surface area contributed by atoms with E-state index in [4.69, 9.17) is 9.47 Å². The Bertz CT molecular complexity index is 1050. The molecule has 0 amide bonds. The van der Waals surface area contributed by atoms with Gasteiger partial charge in [0, 0.05) is 37.9 Å². The van der Waals surface area contributed by atoms with Gasteiger partial charge in [-0.15, -0.1) is 0 Å². The van der Waals surface area contributed by atoms with Crippen LogP contribution >= 0.6 is 0 Å². The van der Waals surface area contributed by atoms with E-state index in [0.29, 0.717) is 24.7 Å². The molecular weight excluding hydrogens is 445 g/mol. The molecule has 0 aromatic heterocycles. The van der Waals surface area contributed by atoms with E-state index >= 15 is 0 Å². The van der Waals surface area contributed by atoms with Crippen LogP contribution in [0.2, 0.25) is 0 Å². The number of anilines is 1. The molecule has 32 heavy (non-hydrogen) atoms. The highest BCUT2D eigenvalue weighted by molar-refractivity contribution is 7.89. The molecule has 6 nitrogen and oxygen atoms in total. The van der Waals surface area contributed by atoms with Gasteiger partial charge < -0.3 is 14.4 Å². The molecule has 0 N–H and O–H groups in total. The number of piperazine rings is 1. The number of sulfonamides is 1. The Balaban J connectivity index is 1.83. The third kappa shape index (κ3) is 5.12. The van der Waals surface area contributed by atoms with Gasteiger partial charge >= 0.3 is 6.18 Å². The van der Waals surface area contributed by atoms with Gasteiger partial charge in [-0.1, -0.05) is 6.07 Å². The standard InChI is InChI=1S/C22H27F3N2O4S/c1-4-30-19-15-21(20(31-5-2)13-16(19)3)32(28,29)27-11-9-26(10-12-27)18-8-6-7-17(14-18)22(23,24)25/h6-8,13-15H,4-5,9-12H2,1-3H3. The van der Waals surface area contributed by atoms with E-state index < -0.39 is 21.8 Å². The van der Waals surface area contributed by atoms with Gasteiger partial charge in [-0.05, 0) is 50.6 Å². The van der Waals surface area contributed by atoms with Crippen LogP contribution in [0, 0.1) is 6.92 Å². The second-order valence-corrected chi connectivity index (χ2v) is 9.28. The normalized spacial score (nSPS) is 15.6. The highest BCUT2D eigenvalue weighted by Gasteiger charge is 2.34. The molecular formula is C22H27F3N2O4S. The van der Waals surface area contributed by atoms with Crippen molar-refractivity contribution in [2.45, 2.75) is 31.8 Å². The molecule has 1 aliphatic heterocycles. The first kappa shape index (κ1) is 24.2. The Morgan fingerprint density at radius 3 is 2.16 bits per heavy atom. The summed E-state index contributed by atoms with van der Waals surface area (Å²) in [6.07, 6.45) is -4.43. The van der Waals surface area contributed by atoms with E-state index in [0.717, 1.165) is 17.7 Å². The Labute approximate surface area is 186 Å². The van der Waals surface area contributed by atoms with Crippen molar-refractivity contribution in [1.82, 2.24) is 4.31 Å². The number of alkyl halides is 3. The molecule has 10 heteroatoms. The monoisotopic (exact) mass is 472 g/mol. The molecule has 1 aliphatic rings. The van der Waals surface area contributed by atoms with Gasteiger partial charge in [-0.3, -0.25) is 0 Å². The van der Waals surface area contributed by atoms with Crippen molar-refractivity contribution < 1.29 is 31.1 Å². The first-order valence-corrected chi connectivity index (χ1v) is 11.8. The fraction of sp³-hybridized carbons (Fsp3) is 0.455. The van der Waals surface area contributed by atoms with Crippen LogP contribution in [0.5, 0.6) is 11.5 Å². The summed E-state index contributed by atoms with van der Waals surface area (Å²) < 4.78 is 78.4. The van der Waals surface area contributed by atoms with E-state index in [1.54, 1.807) is 24.0 Å². The van der Waals surface area contributed by atoms with Crippen molar-refractivity contribution in [3.05, 3.63) is 47.5 Å².